The summed E-state index contributed by atoms with van der Waals surface area (Å²) in [5, 5.41) is 13.1. The van der Waals surface area contributed by atoms with Gasteiger partial charge in [0.1, 0.15) is 47.7 Å². The van der Waals surface area contributed by atoms with E-state index in [1.54, 1.807) is 9.58 Å². The first kappa shape index (κ1) is 32.8. The monoisotopic (exact) mass is 708 g/mol. The van der Waals surface area contributed by atoms with Gasteiger partial charge in [-0.3, -0.25) is 14.2 Å². The molecule has 0 N–H and O–H groups in total. The van der Waals surface area contributed by atoms with Crippen molar-refractivity contribution in [3.05, 3.63) is 90.1 Å². The standard InChI is InChI=1S/C38H34F2N6O4S/c1-5-33(47)45-9-10-46-30(22(45)3)17-29(43-46)37-35-34-27(40)15-24(39)16-32(34)50-20-21(2)48-11-6-7-12-49-31-18-28-23(19-44(4)42-28)14-26(31)36(41-37)25-8-13-51-38(25)35/h5-8,13-19,21-22H,1,9-12,20H2,2-4H3/b7-6+/t21-,22-/m1/s1. The highest BCUT2D eigenvalue weighted by Gasteiger charge is 2.32. The number of thiophene rings is 1. The number of carbonyl (C=O) groups is 1. The van der Waals surface area contributed by atoms with Gasteiger partial charge in [-0.25, -0.2) is 13.8 Å². The zero-order valence-corrected chi connectivity index (χ0v) is 29.0. The lowest BCUT2D eigenvalue weighted by Crippen LogP contribution is -2.40. The molecule has 1 amide bonds. The van der Waals surface area contributed by atoms with Crippen molar-refractivity contribution in [1.82, 2.24) is 29.4 Å². The third kappa shape index (κ3) is 5.85. The van der Waals surface area contributed by atoms with Crippen LogP contribution in [0.3, 0.4) is 0 Å². The van der Waals surface area contributed by atoms with Gasteiger partial charge in [0, 0.05) is 64.6 Å². The Bertz CT molecular complexity index is 2380. The van der Waals surface area contributed by atoms with E-state index in [1.807, 2.05) is 73.6 Å². The third-order valence-corrected chi connectivity index (χ3v) is 10.2. The number of hydrogen-bond donors (Lipinski definition) is 0. The van der Waals surface area contributed by atoms with Crippen LogP contribution >= 0.6 is 11.3 Å². The lowest BCUT2D eigenvalue weighted by atomic mass is 9.95. The molecule has 6 heterocycles. The van der Waals surface area contributed by atoms with E-state index in [1.165, 1.54) is 23.5 Å². The number of carbonyl (C=O) groups excluding carboxylic acids is 1. The molecular weight excluding hydrogens is 675 g/mol. The highest BCUT2D eigenvalue weighted by molar-refractivity contribution is 7.18. The number of amides is 1. The number of ether oxygens (including phenoxy) is 3. The van der Waals surface area contributed by atoms with E-state index in [0.717, 1.165) is 28.0 Å². The van der Waals surface area contributed by atoms with Crippen molar-refractivity contribution < 1.29 is 27.8 Å². The van der Waals surface area contributed by atoms with Gasteiger partial charge < -0.3 is 19.1 Å². The summed E-state index contributed by atoms with van der Waals surface area (Å²) in [5.41, 5.74) is 4.18. The highest BCUT2D eigenvalue weighted by atomic mass is 32.1. The van der Waals surface area contributed by atoms with E-state index < -0.39 is 17.7 Å². The molecule has 2 aliphatic rings. The minimum absolute atomic E-state index is 0.0224. The van der Waals surface area contributed by atoms with E-state index in [4.69, 9.17) is 24.3 Å². The molecule has 2 atom stereocenters. The Balaban J connectivity index is 1.44. The van der Waals surface area contributed by atoms with Gasteiger partial charge in [-0.2, -0.15) is 10.2 Å². The molecule has 260 valence electrons. The van der Waals surface area contributed by atoms with Gasteiger partial charge in [0.15, 0.2) is 0 Å². The predicted molar refractivity (Wildman–Crippen MR) is 192 cm³/mol. The van der Waals surface area contributed by atoms with Crippen LogP contribution in [0.15, 0.2) is 72.8 Å². The minimum atomic E-state index is -0.800. The summed E-state index contributed by atoms with van der Waals surface area (Å²) < 4.78 is 54.0. The SMILES string of the molecule is C=CC(=O)N1CCn2nc(-c3nc4c5ccsc5c3-c3c(F)cc(F)cc3OC[C@@H](C)OC/C=C/COc3cc5nn(C)cc5cc3-4)cc2[C@H]1C. The average molecular weight is 709 g/mol. The van der Waals surface area contributed by atoms with Crippen LogP contribution in [0.5, 0.6) is 11.5 Å². The lowest BCUT2D eigenvalue weighted by Gasteiger charge is -2.33. The molecule has 0 unspecified atom stereocenters. The number of rotatable bonds is 2. The smallest absolute Gasteiger partial charge is 0.246 e. The average Bonchev–Trinajstić information content (AvgIpc) is 3.85. The van der Waals surface area contributed by atoms with Crippen molar-refractivity contribution >= 4 is 38.2 Å². The number of aromatic nitrogens is 5. The highest BCUT2D eigenvalue weighted by Crippen LogP contribution is 2.49. The molecule has 2 aliphatic heterocycles. The van der Waals surface area contributed by atoms with Gasteiger partial charge >= 0.3 is 0 Å². The van der Waals surface area contributed by atoms with Crippen molar-refractivity contribution in [2.75, 3.05) is 26.4 Å². The Morgan fingerprint density at radius 2 is 1.84 bits per heavy atom. The number of pyridine rings is 1. The largest absolute Gasteiger partial charge is 0.490 e. The second kappa shape index (κ2) is 13.1. The summed E-state index contributed by atoms with van der Waals surface area (Å²) in [6.45, 7) is 8.93. The van der Waals surface area contributed by atoms with Gasteiger partial charge in [-0.15, -0.1) is 11.3 Å². The second-order valence-corrected chi connectivity index (χ2v) is 13.6. The van der Waals surface area contributed by atoms with Crippen molar-refractivity contribution in [2.24, 2.45) is 7.05 Å². The molecule has 2 aromatic carbocycles. The summed E-state index contributed by atoms with van der Waals surface area (Å²) in [4.78, 5) is 19.8. The van der Waals surface area contributed by atoms with Crippen LogP contribution in [0.25, 0.3) is 54.8 Å². The molecule has 2 bridgehead atoms. The summed E-state index contributed by atoms with van der Waals surface area (Å²) in [7, 11) is 1.86. The van der Waals surface area contributed by atoms with Crippen molar-refractivity contribution in [2.45, 2.75) is 32.5 Å². The maximum atomic E-state index is 16.4. The quantitative estimate of drug-likeness (QED) is 0.136. The Morgan fingerprint density at radius 1 is 1.00 bits per heavy atom. The van der Waals surface area contributed by atoms with E-state index in [9.17, 15) is 9.18 Å². The lowest BCUT2D eigenvalue weighted by molar-refractivity contribution is -0.129. The third-order valence-electron chi connectivity index (χ3n) is 9.26. The van der Waals surface area contributed by atoms with Gasteiger partial charge in [-0.05, 0) is 49.6 Å². The molecule has 0 fully saturated rings. The number of aryl methyl sites for hydroxylation is 1. The summed E-state index contributed by atoms with van der Waals surface area (Å²) >= 11 is 1.41. The summed E-state index contributed by atoms with van der Waals surface area (Å²) in [6.07, 6.45) is 6.56. The normalized spacial score (nSPS) is 18.4. The topological polar surface area (TPSA) is 96.5 Å². The molecule has 10 nitrogen and oxygen atoms in total. The van der Waals surface area contributed by atoms with Gasteiger partial charge in [0.2, 0.25) is 5.91 Å². The first-order valence-corrected chi connectivity index (χ1v) is 17.5. The zero-order chi connectivity index (χ0) is 35.4. The van der Waals surface area contributed by atoms with E-state index in [0.29, 0.717) is 58.4 Å². The van der Waals surface area contributed by atoms with Gasteiger partial charge in [0.25, 0.3) is 0 Å². The minimum Gasteiger partial charge on any atom is -0.490 e. The Hall–Kier alpha value is -5.40. The maximum absolute atomic E-state index is 16.4. The van der Waals surface area contributed by atoms with Crippen LogP contribution in [0.2, 0.25) is 0 Å². The fourth-order valence-corrected chi connectivity index (χ4v) is 7.77. The van der Waals surface area contributed by atoms with Gasteiger partial charge in [0.05, 0.1) is 47.8 Å². The van der Waals surface area contributed by atoms with Crippen molar-refractivity contribution in [3.63, 3.8) is 0 Å². The molecule has 0 saturated carbocycles. The van der Waals surface area contributed by atoms with Crippen LogP contribution in [0, 0.1) is 11.6 Å². The molecule has 6 aromatic rings. The first-order chi connectivity index (χ1) is 24.7. The van der Waals surface area contributed by atoms with E-state index >= 15 is 4.39 Å². The Morgan fingerprint density at radius 3 is 2.69 bits per heavy atom. The van der Waals surface area contributed by atoms with Crippen LogP contribution in [0.1, 0.15) is 25.6 Å². The summed E-state index contributed by atoms with van der Waals surface area (Å²) in [5.74, 6) is -1.16. The number of nitrogens with zero attached hydrogens (tertiary/aromatic N) is 6. The maximum Gasteiger partial charge on any atom is 0.246 e. The molecule has 8 rings (SSSR count). The molecule has 13 heteroatoms. The Kier molecular flexibility index (Phi) is 8.39. The van der Waals surface area contributed by atoms with Gasteiger partial charge in [-0.1, -0.05) is 12.7 Å². The van der Waals surface area contributed by atoms with Crippen LogP contribution in [-0.4, -0.2) is 67.8 Å². The summed E-state index contributed by atoms with van der Waals surface area (Å²) in [6, 6.07) is 9.46. The number of fused-ring (bicyclic) bond motifs is 6. The molecule has 4 aromatic heterocycles. The molecule has 0 saturated heterocycles. The number of halogens is 2. The number of hydrogen-bond acceptors (Lipinski definition) is 8. The molecule has 0 spiro atoms. The molecular formula is C38H34F2N6O4S. The fraction of sp³-hybridized carbons (Fsp3) is 0.263. The van der Waals surface area contributed by atoms with E-state index in [-0.39, 0.29) is 36.5 Å². The fourth-order valence-electron chi connectivity index (χ4n) is 6.82. The zero-order valence-electron chi connectivity index (χ0n) is 28.2. The van der Waals surface area contributed by atoms with E-state index in [2.05, 4.69) is 11.7 Å². The first-order valence-electron chi connectivity index (χ1n) is 16.6. The Labute approximate surface area is 296 Å². The van der Waals surface area contributed by atoms with Crippen molar-refractivity contribution in [1.29, 1.82) is 0 Å². The molecule has 51 heavy (non-hydrogen) atoms. The van der Waals surface area contributed by atoms with Crippen LogP contribution < -0.4 is 9.47 Å². The number of benzene rings is 2. The van der Waals surface area contributed by atoms with Crippen LogP contribution in [-0.2, 0) is 23.1 Å². The van der Waals surface area contributed by atoms with Crippen molar-refractivity contribution in [3.8, 4) is 45.3 Å². The second-order valence-electron chi connectivity index (χ2n) is 12.6. The van der Waals surface area contributed by atoms with Crippen LogP contribution in [0.4, 0.5) is 8.78 Å². The molecule has 0 aliphatic carbocycles. The molecule has 0 radical (unpaired) electrons. The predicted octanol–water partition coefficient (Wildman–Crippen LogP) is 7.48.